The monoisotopic (exact) mass is 352 g/mol. The lowest BCUT2D eigenvalue weighted by atomic mass is 9.97. The number of hydrazine groups is 1. The molecule has 1 aliphatic heterocycles. The lowest BCUT2D eigenvalue weighted by Gasteiger charge is -2.30. The van der Waals surface area contributed by atoms with Gasteiger partial charge in [0.25, 0.3) is 0 Å². The maximum atomic E-state index is 13.8. The van der Waals surface area contributed by atoms with Crippen molar-refractivity contribution in [2.24, 2.45) is 0 Å². The van der Waals surface area contributed by atoms with Gasteiger partial charge in [-0.05, 0) is 23.4 Å². The van der Waals surface area contributed by atoms with Gasteiger partial charge in [-0.15, -0.1) is 0 Å². The van der Waals surface area contributed by atoms with E-state index in [1.165, 1.54) is 6.07 Å². The summed E-state index contributed by atoms with van der Waals surface area (Å²) in [6.45, 7) is 2.48. The van der Waals surface area contributed by atoms with Crippen molar-refractivity contribution in [1.29, 1.82) is 0 Å². The molecule has 0 aromatic heterocycles. The Morgan fingerprint density at radius 3 is 2.56 bits per heavy atom. The fraction of sp³-hybridized carbons (Fsp3) is 0.389. The number of hydrogen-bond donors (Lipinski definition) is 1. The Labute approximate surface area is 143 Å². The topological polar surface area (TPSA) is 41.6 Å². The van der Waals surface area contributed by atoms with Crippen LogP contribution in [0.3, 0.4) is 0 Å². The zero-order valence-corrected chi connectivity index (χ0v) is 13.8. The summed E-state index contributed by atoms with van der Waals surface area (Å²) in [7, 11) is 0. The summed E-state index contributed by atoms with van der Waals surface area (Å²) in [6, 6.07) is 7.99. The highest BCUT2D eigenvalue weighted by Gasteiger charge is 2.47. The molecule has 2 aromatic rings. The minimum Gasteiger partial charge on any atom is -0.493 e. The number of nitrogens with one attached hydrogen (secondary N) is 1. The van der Waals surface area contributed by atoms with Crippen LogP contribution in [0.4, 0.5) is 13.2 Å². The second-order valence-electron chi connectivity index (χ2n) is 5.97. The van der Waals surface area contributed by atoms with Gasteiger partial charge in [-0.2, -0.15) is 13.2 Å². The molecule has 134 valence electrons. The van der Waals surface area contributed by atoms with Gasteiger partial charge >= 0.3 is 6.18 Å². The molecule has 3 rings (SSSR count). The summed E-state index contributed by atoms with van der Waals surface area (Å²) < 4.78 is 47.0. The predicted octanol–water partition coefficient (Wildman–Crippen LogP) is 3.97. The molecule has 1 fully saturated rings. The van der Waals surface area contributed by atoms with Crippen LogP contribution in [0.25, 0.3) is 10.8 Å². The summed E-state index contributed by atoms with van der Waals surface area (Å²) >= 11 is 0. The molecule has 1 atom stereocenters. The van der Waals surface area contributed by atoms with Gasteiger partial charge in [-0.25, -0.2) is 5.01 Å². The van der Waals surface area contributed by atoms with Crippen LogP contribution in [0.1, 0.15) is 31.4 Å². The standard InChI is InChI=1S/C18H19F3N2O2/c1-2-11-25-15-8-4-5-12-13(15)6-3-7-14(12)17(18(19,20)21)23-10-9-16(24)22-23/h3-8,17H,2,9-11H2,1H3,(H,22,24). The van der Waals surface area contributed by atoms with Crippen LogP contribution in [0.15, 0.2) is 36.4 Å². The van der Waals surface area contributed by atoms with Crippen LogP contribution >= 0.6 is 0 Å². The van der Waals surface area contributed by atoms with E-state index >= 15 is 0 Å². The van der Waals surface area contributed by atoms with E-state index in [9.17, 15) is 18.0 Å². The molecule has 1 unspecified atom stereocenters. The fourth-order valence-electron chi connectivity index (χ4n) is 3.09. The molecule has 0 spiro atoms. The largest absolute Gasteiger partial charge is 0.493 e. The molecule has 1 amide bonds. The van der Waals surface area contributed by atoms with Gasteiger partial charge in [-0.3, -0.25) is 10.2 Å². The summed E-state index contributed by atoms with van der Waals surface area (Å²) in [6.07, 6.45) is -3.66. The normalized spacial score (nSPS) is 16.9. The van der Waals surface area contributed by atoms with E-state index in [0.29, 0.717) is 23.1 Å². The number of ether oxygens (including phenoxy) is 1. The second-order valence-corrected chi connectivity index (χ2v) is 5.97. The molecule has 1 heterocycles. The zero-order chi connectivity index (χ0) is 18.0. The van der Waals surface area contributed by atoms with Gasteiger partial charge in [0.1, 0.15) is 5.75 Å². The number of fused-ring (bicyclic) bond motifs is 1. The molecular weight excluding hydrogens is 333 g/mol. The molecule has 0 bridgehead atoms. The number of amides is 1. The number of carbonyl (C=O) groups excluding carboxylic acids is 1. The van der Waals surface area contributed by atoms with Crippen molar-refractivity contribution < 1.29 is 22.7 Å². The smallest absolute Gasteiger partial charge is 0.409 e. The molecule has 7 heteroatoms. The Morgan fingerprint density at radius 2 is 1.92 bits per heavy atom. The van der Waals surface area contributed by atoms with Crippen molar-refractivity contribution in [3.63, 3.8) is 0 Å². The summed E-state index contributed by atoms with van der Waals surface area (Å²) in [5.41, 5.74) is 2.42. The first kappa shape index (κ1) is 17.5. The summed E-state index contributed by atoms with van der Waals surface area (Å²) in [5, 5.41) is 2.07. The lowest BCUT2D eigenvalue weighted by Crippen LogP contribution is -2.43. The quantitative estimate of drug-likeness (QED) is 0.885. The number of rotatable bonds is 5. The maximum Gasteiger partial charge on any atom is 0.409 e. The van der Waals surface area contributed by atoms with Crippen molar-refractivity contribution in [3.05, 3.63) is 42.0 Å². The van der Waals surface area contributed by atoms with Crippen LogP contribution in [0, 0.1) is 0 Å². The SMILES string of the molecule is CCCOc1cccc2c(C(N3CCC(=O)N3)C(F)(F)F)cccc12. The van der Waals surface area contributed by atoms with E-state index in [4.69, 9.17) is 4.74 Å². The Bertz CT molecular complexity index is 776. The first-order valence-electron chi connectivity index (χ1n) is 8.19. The highest BCUT2D eigenvalue weighted by molar-refractivity contribution is 5.91. The number of benzene rings is 2. The predicted molar refractivity (Wildman–Crippen MR) is 88.0 cm³/mol. The zero-order valence-electron chi connectivity index (χ0n) is 13.8. The third kappa shape index (κ3) is 3.56. The second kappa shape index (κ2) is 6.92. The Balaban J connectivity index is 2.10. The number of alkyl halides is 3. The third-order valence-electron chi connectivity index (χ3n) is 4.14. The van der Waals surface area contributed by atoms with Crippen molar-refractivity contribution in [2.75, 3.05) is 13.2 Å². The van der Waals surface area contributed by atoms with Gasteiger partial charge < -0.3 is 4.74 Å². The highest BCUT2D eigenvalue weighted by atomic mass is 19.4. The van der Waals surface area contributed by atoms with E-state index in [-0.39, 0.29) is 18.5 Å². The van der Waals surface area contributed by atoms with E-state index in [2.05, 4.69) is 5.43 Å². The minimum absolute atomic E-state index is 0.0193. The van der Waals surface area contributed by atoms with E-state index < -0.39 is 18.1 Å². The average Bonchev–Trinajstić information content (AvgIpc) is 2.98. The van der Waals surface area contributed by atoms with Crippen molar-refractivity contribution in [2.45, 2.75) is 32.0 Å². The average molecular weight is 352 g/mol. The Kier molecular flexibility index (Phi) is 4.85. The number of hydrogen-bond acceptors (Lipinski definition) is 3. The van der Waals surface area contributed by atoms with Gasteiger partial charge in [0.05, 0.1) is 6.61 Å². The number of halogens is 3. The molecular formula is C18H19F3N2O2. The Morgan fingerprint density at radius 1 is 1.20 bits per heavy atom. The maximum absolute atomic E-state index is 13.8. The van der Waals surface area contributed by atoms with Crippen LogP contribution in [0.5, 0.6) is 5.75 Å². The molecule has 0 radical (unpaired) electrons. The first-order chi connectivity index (χ1) is 11.9. The Hall–Kier alpha value is -2.28. The molecule has 1 aliphatic rings. The summed E-state index contributed by atoms with van der Waals surface area (Å²) in [5.74, 6) is 0.161. The first-order valence-corrected chi connectivity index (χ1v) is 8.19. The van der Waals surface area contributed by atoms with Crippen LogP contribution < -0.4 is 10.2 Å². The third-order valence-corrected chi connectivity index (χ3v) is 4.14. The molecule has 1 N–H and O–H groups in total. The van der Waals surface area contributed by atoms with Gasteiger partial charge in [-0.1, -0.05) is 37.3 Å². The lowest BCUT2D eigenvalue weighted by molar-refractivity contribution is -0.190. The van der Waals surface area contributed by atoms with Crippen molar-refractivity contribution >= 4 is 16.7 Å². The van der Waals surface area contributed by atoms with Crippen molar-refractivity contribution in [3.8, 4) is 5.75 Å². The van der Waals surface area contributed by atoms with E-state index in [1.54, 1.807) is 30.3 Å². The fourth-order valence-corrected chi connectivity index (χ4v) is 3.09. The van der Waals surface area contributed by atoms with Crippen LogP contribution in [-0.4, -0.2) is 30.2 Å². The minimum atomic E-state index is -4.52. The summed E-state index contributed by atoms with van der Waals surface area (Å²) in [4.78, 5) is 11.4. The molecule has 0 saturated carbocycles. The number of nitrogens with zero attached hydrogens (tertiary/aromatic N) is 1. The number of carbonyl (C=O) groups is 1. The molecule has 25 heavy (non-hydrogen) atoms. The van der Waals surface area contributed by atoms with Crippen LogP contribution in [-0.2, 0) is 4.79 Å². The van der Waals surface area contributed by atoms with Crippen molar-refractivity contribution in [1.82, 2.24) is 10.4 Å². The van der Waals surface area contributed by atoms with Gasteiger partial charge in [0, 0.05) is 18.4 Å². The molecule has 4 nitrogen and oxygen atoms in total. The van der Waals surface area contributed by atoms with Gasteiger partial charge in [0.15, 0.2) is 6.04 Å². The van der Waals surface area contributed by atoms with E-state index in [0.717, 1.165) is 11.4 Å². The molecule has 2 aromatic carbocycles. The van der Waals surface area contributed by atoms with Crippen LogP contribution in [0.2, 0.25) is 0 Å². The van der Waals surface area contributed by atoms with Gasteiger partial charge in [0.2, 0.25) is 5.91 Å². The molecule has 0 aliphatic carbocycles. The molecule has 1 saturated heterocycles. The highest BCUT2D eigenvalue weighted by Crippen LogP contribution is 2.41. The van der Waals surface area contributed by atoms with E-state index in [1.807, 2.05) is 6.92 Å².